The Morgan fingerprint density at radius 3 is 2.95 bits per heavy atom. The molecule has 1 aromatic rings. The Bertz CT molecular complexity index is 532. The van der Waals surface area contributed by atoms with Crippen LogP contribution in [-0.2, 0) is 6.42 Å². The largest absolute Gasteiger partial charge is 0.496 e. The summed E-state index contributed by atoms with van der Waals surface area (Å²) in [5, 5.41) is 3.53. The molecule has 108 valence electrons. The van der Waals surface area contributed by atoms with Gasteiger partial charge in [-0.15, -0.1) is 0 Å². The molecule has 20 heavy (non-hydrogen) atoms. The molecule has 1 heterocycles. The fourth-order valence-corrected chi connectivity index (χ4v) is 2.65. The van der Waals surface area contributed by atoms with Crippen molar-refractivity contribution in [2.75, 3.05) is 13.7 Å². The average molecular weight is 273 g/mol. The highest BCUT2D eigenvalue weighted by atomic mass is 16.5. The topological polar surface area (TPSA) is 30.5 Å². The van der Waals surface area contributed by atoms with Gasteiger partial charge in [-0.2, -0.15) is 0 Å². The lowest BCUT2D eigenvalue weighted by molar-refractivity contribution is 0.254. The first-order valence-corrected chi connectivity index (χ1v) is 7.44. The molecule has 2 aliphatic rings. The second-order valence-electron chi connectivity index (χ2n) is 5.98. The molecule has 0 bridgehead atoms. The van der Waals surface area contributed by atoms with Crippen LogP contribution in [0.4, 0.5) is 0 Å². The summed E-state index contributed by atoms with van der Waals surface area (Å²) in [5.74, 6) is 1.94. The van der Waals surface area contributed by atoms with E-state index < -0.39 is 0 Å². The smallest absolute Gasteiger partial charge is 0.126 e. The molecule has 0 amide bonds. The molecular weight excluding hydrogens is 250 g/mol. The molecule has 0 radical (unpaired) electrons. The summed E-state index contributed by atoms with van der Waals surface area (Å²) >= 11 is 0. The van der Waals surface area contributed by atoms with Gasteiger partial charge in [0.15, 0.2) is 0 Å². The number of rotatable bonds is 5. The molecule has 1 aromatic carbocycles. The zero-order chi connectivity index (χ0) is 14.1. The maximum absolute atomic E-state index is 5.84. The molecule has 1 N–H and O–H groups in total. The molecule has 1 aliphatic heterocycles. The Morgan fingerprint density at radius 1 is 1.45 bits per heavy atom. The highest BCUT2D eigenvalue weighted by molar-refractivity contribution is 5.64. The van der Waals surface area contributed by atoms with Crippen molar-refractivity contribution in [1.82, 2.24) is 5.32 Å². The molecule has 3 heteroatoms. The third kappa shape index (κ3) is 2.98. The first kappa shape index (κ1) is 13.5. The van der Waals surface area contributed by atoms with Crippen LogP contribution in [0.25, 0.3) is 6.08 Å². The predicted molar refractivity (Wildman–Crippen MR) is 81.5 cm³/mol. The van der Waals surface area contributed by atoms with Crippen molar-refractivity contribution < 1.29 is 9.47 Å². The number of nitrogens with one attached hydrogen (secondary N) is 1. The molecule has 3 rings (SSSR count). The minimum Gasteiger partial charge on any atom is -0.496 e. The second kappa shape index (κ2) is 5.49. The van der Waals surface area contributed by atoms with E-state index in [4.69, 9.17) is 9.47 Å². The summed E-state index contributed by atoms with van der Waals surface area (Å²) in [6.07, 6.45) is 6.08. The van der Waals surface area contributed by atoms with Gasteiger partial charge in [0.1, 0.15) is 17.6 Å². The first-order valence-electron chi connectivity index (χ1n) is 7.44. The minimum atomic E-state index is 0.270. The molecule has 0 saturated heterocycles. The van der Waals surface area contributed by atoms with Gasteiger partial charge in [-0.1, -0.05) is 11.6 Å². The molecule has 1 saturated carbocycles. The zero-order valence-corrected chi connectivity index (χ0v) is 12.5. The van der Waals surface area contributed by atoms with Crippen LogP contribution in [0.3, 0.4) is 0 Å². The van der Waals surface area contributed by atoms with Crippen LogP contribution in [0.1, 0.15) is 37.8 Å². The minimum absolute atomic E-state index is 0.270. The highest BCUT2D eigenvalue weighted by Crippen LogP contribution is 2.35. The number of fused-ring (bicyclic) bond motifs is 1. The standard InChI is InChI=1S/C17H23NO2/c1-11(10-18-15-4-5-15)6-13-9-17-14(7-12(2)20-17)8-16(13)19-3/h6,8-9,12,15,18H,4-5,7,10H2,1-3H3/b11-6-. The summed E-state index contributed by atoms with van der Waals surface area (Å²) in [6.45, 7) is 5.21. The summed E-state index contributed by atoms with van der Waals surface area (Å²) in [7, 11) is 1.73. The van der Waals surface area contributed by atoms with Gasteiger partial charge in [-0.25, -0.2) is 0 Å². The Kier molecular flexibility index (Phi) is 3.70. The quantitative estimate of drug-likeness (QED) is 0.894. The van der Waals surface area contributed by atoms with E-state index in [1.54, 1.807) is 7.11 Å². The second-order valence-corrected chi connectivity index (χ2v) is 5.98. The summed E-state index contributed by atoms with van der Waals surface area (Å²) in [4.78, 5) is 0. The van der Waals surface area contributed by atoms with Crippen LogP contribution >= 0.6 is 0 Å². The predicted octanol–water partition coefficient (Wildman–Crippen LogP) is 3.17. The Labute approximate surface area is 121 Å². The molecule has 3 nitrogen and oxygen atoms in total. The van der Waals surface area contributed by atoms with Gasteiger partial charge in [-0.3, -0.25) is 0 Å². The number of ether oxygens (including phenoxy) is 2. The Morgan fingerprint density at radius 2 is 2.25 bits per heavy atom. The van der Waals surface area contributed by atoms with Crippen LogP contribution in [0, 0.1) is 0 Å². The number of hydrogen-bond donors (Lipinski definition) is 1. The van der Waals surface area contributed by atoms with Crippen molar-refractivity contribution in [2.24, 2.45) is 0 Å². The van der Waals surface area contributed by atoms with E-state index >= 15 is 0 Å². The fourth-order valence-electron chi connectivity index (χ4n) is 2.65. The zero-order valence-electron chi connectivity index (χ0n) is 12.5. The van der Waals surface area contributed by atoms with E-state index in [0.717, 1.165) is 36.1 Å². The maximum Gasteiger partial charge on any atom is 0.126 e. The van der Waals surface area contributed by atoms with Crippen molar-refractivity contribution >= 4 is 6.08 Å². The van der Waals surface area contributed by atoms with Crippen LogP contribution in [0.2, 0.25) is 0 Å². The summed E-state index contributed by atoms with van der Waals surface area (Å²) < 4.78 is 11.4. The van der Waals surface area contributed by atoms with E-state index in [1.807, 2.05) is 0 Å². The molecule has 0 spiro atoms. The van der Waals surface area contributed by atoms with E-state index in [0.29, 0.717) is 0 Å². The van der Waals surface area contributed by atoms with Gasteiger partial charge in [0, 0.05) is 30.1 Å². The van der Waals surface area contributed by atoms with Crippen molar-refractivity contribution in [3.05, 3.63) is 28.8 Å². The highest BCUT2D eigenvalue weighted by Gasteiger charge is 2.22. The Balaban J connectivity index is 1.80. The average Bonchev–Trinajstić information content (AvgIpc) is 3.17. The lowest BCUT2D eigenvalue weighted by Crippen LogP contribution is -2.18. The first-order chi connectivity index (χ1) is 9.65. The number of hydrogen-bond acceptors (Lipinski definition) is 3. The van der Waals surface area contributed by atoms with E-state index in [-0.39, 0.29) is 6.10 Å². The molecule has 1 fully saturated rings. The van der Waals surface area contributed by atoms with E-state index in [9.17, 15) is 0 Å². The molecule has 1 unspecified atom stereocenters. The molecule has 0 aromatic heterocycles. The van der Waals surface area contributed by atoms with Gasteiger partial charge < -0.3 is 14.8 Å². The van der Waals surface area contributed by atoms with Gasteiger partial charge in [0.2, 0.25) is 0 Å². The van der Waals surface area contributed by atoms with Crippen LogP contribution in [0.5, 0.6) is 11.5 Å². The Hall–Kier alpha value is -1.48. The van der Waals surface area contributed by atoms with Gasteiger partial charge in [0.25, 0.3) is 0 Å². The van der Waals surface area contributed by atoms with Gasteiger partial charge >= 0.3 is 0 Å². The molecule has 1 aliphatic carbocycles. The van der Waals surface area contributed by atoms with Gasteiger partial charge in [0.05, 0.1) is 7.11 Å². The molecular formula is C17H23NO2. The van der Waals surface area contributed by atoms with Crippen molar-refractivity contribution in [1.29, 1.82) is 0 Å². The van der Waals surface area contributed by atoms with E-state index in [1.165, 1.54) is 24.0 Å². The normalized spacial score (nSPS) is 21.6. The van der Waals surface area contributed by atoms with Crippen molar-refractivity contribution in [2.45, 2.75) is 45.3 Å². The monoisotopic (exact) mass is 273 g/mol. The molecule has 1 atom stereocenters. The van der Waals surface area contributed by atoms with Crippen molar-refractivity contribution in [3.63, 3.8) is 0 Å². The van der Waals surface area contributed by atoms with Crippen LogP contribution in [-0.4, -0.2) is 25.8 Å². The summed E-state index contributed by atoms with van der Waals surface area (Å²) in [6, 6.07) is 4.97. The number of benzene rings is 1. The fraction of sp³-hybridized carbons (Fsp3) is 0.529. The summed E-state index contributed by atoms with van der Waals surface area (Å²) in [5.41, 5.74) is 3.68. The lowest BCUT2D eigenvalue weighted by Gasteiger charge is -2.10. The van der Waals surface area contributed by atoms with Crippen molar-refractivity contribution in [3.8, 4) is 11.5 Å². The van der Waals surface area contributed by atoms with Crippen LogP contribution in [0.15, 0.2) is 17.7 Å². The maximum atomic E-state index is 5.84. The van der Waals surface area contributed by atoms with Gasteiger partial charge in [-0.05, 0) is 38.8 Å². The third-order valence-electron chi connectivity index (χ3n) is 3.90. The van der Waals surface area contributed by atoms with E-state index in [2.05, 4.69) is 37.4 Å². The lowest BCUT2D eigenvalue weighted by atomic mass is 10.0. The SMILES string of the molecule is COc1cc2c(cc1/C=C(/C)CNC1CC1)OC(C)C2. The third-order valence-corrected chi connectivity index (χ3v) is 3.90. The van der Waals surface area contributed by atoms with Crippen LogP contribution < -0.4 is 14.8 Å². The number of methoxy groups -OCH3 is 1.